The molecule has 0 radical (unpaired) electrons. The van der Waals surface area contributed by atoms with Crippen LogP contribution in [0.15, 0.2) is 22.2 Å². The number of benzene rings is 1. The van der Waals surface area contributed by atoms with E-state index in [0.29, 0.717) is 0 Å². The summed E-state index contributed by atoms with van der Waals surface area (Å²) in [5.41, 5.74) is 5.90. The van der Waals surface area contributed by atoms with Gasteiger partial charge in [0.05, 0.1) is 27.1 Å². The topological polar surface area (TPSA) is 103 Å². The van der Waals surface area contributed by atoms with E-state index in [9.17, 15) is 17.4 Å². The van der Waals surface area contributed by atoms with Gasteiger partial charge in [-0.25, -0.2) is 4.68 Å². The number of ether oxygens (including phenoxy) is 1. The first-order valence-corrected chi connectivity index (χ1v) is 8.86. The Bertz CT molecular complexity index is 863. The van der Waals surface area contributed by atoms with Crippen molar-refractivity contribution in [3.8, 4) is 11.4 Å². The van der Waals surface area contributed by atoms with Gasteiger partial charge in [-0.1, -0.05) is 35.3 Å². The number of nitrogen functional groups attached to an aromatic ring is 1. The van der Waals surface area contributed by atoms with Crippen molar-refractivity contribution >= 4 is 46.0 Å². The van der Waals surface area contributed by atoms with Crippen LogP contribution in [0.25, 0.3) is 5.69 Å². The van der Waals surface area contributed by atoms with Crippen LogP contribution in [-0.2, 0) is 10.8 Å². The summed E-state index contributed by atoms with van der Waals surface area (Å²) < 4.78 is 54.0. The van der Waals surface area contributed by atoms with Gasteiger partial charge < -0.3 is 15.7 Å². The normalized spacial score (nSPS) is 13.3. The first kappa shape index (κ1) is 20.3. The molecule has 0 fully saturated rings. The zero-order chi connectivity index (χ0) is 19.6. The summed E-state index contributed by atoms with van der Waals surface area (Å²) in [5, 5.41) is 15.1. The number of oxime groups is 1. The number of aromatic nitrogens is 2. The van der Waals surface area contributed by atoms with E-state index in [4.69, 9.17) is 34.1 Å². The third kappa shape index (κ3) is 4.22. The van der Waals surface area contributed by atoms with E-state index in [1.54, 1.807) is 6.92 Å². The molecule has 26 heavy (non-hydrogen) atoms. The van der Waals surface area contributed by atoms with E-state index in [-0.39, 0.29) is 37.9 Å². The first-order valence-electron chi connectivity index (χ1n) is 6.78. The monoisotopic (exact) mass is 430 g/mol. The number of halogens is 5. The van der Waals surface area contributed by atoms with Crippen molar-refractivity contribution < 1.29 is 27.3 Å². The van der Waals surface area contributed by atoms with Gasteiger partial charge in [0.1, 0.15) is 27.8 Å². The standard InChI is InChI=1S/C13H11Cl2F3N4O3S/c1-2-26(24)11-9(5-20-23)21-22(12(11)19)10-7(14)3-6(4-8(10)15)25-13(16,17)18/h3-5,23H,2,19H2,1H3/b20-5+. The molecule has 1 aromatic heterocycles. The Hall–Kier alpha value is -1.98. The summed E-state index contributed by atoms with van der Waals surface area (Å²) in [7, 11) is -1.57. The Morgan fingerprint density at radius 1 is 1.42 bits per heavy atom. The van der Waals surface area contributed by atoms with Crippen LogP contribution in [0, 0.1) is 0 Å². The third-order valence-electron chi connectivity index (χ3n) is 3.01. The Morgan fingerprint density at radius 2 is 2.00 bits per heavy atom. The molecule has 3 N–H and O–H groups in total. The van der Waals surface area contributed by atoms with Crippen LogP contribution in [-0.4, -0.2) is 37.5 Å². The van der Waals surface area contributed by atoms with E-state index in [1.165, 1.54) is 0 Å². The molecule has 2 rings (SSSR count). The molecule has 0 spiro atoms. The van der Waals surface area contributed by atoms with Crippen molar-refractivity contribution in [2.24, 2.45) is 5.16 Å². The van der Waals surface area contributed by atoms with Gasteiger partial charge in [0.25, 0.3) is 0 Å². The second kappa shape index (κ2) is 7.72. The van der Waals surface area contributed by atoms with Gasteiger partial charge >= 0.3 is 6.36 Å². The van der Waals surface area contributed by atoms with E-state index >= 15 is 0 Å². The highest BCUT2D eigenvalue weighted by Crippen LogP contribution is 2.37. The molecule has 0 bridgehead atoms. The second-order valence-electron chi connectivity index (χ2n) is 4.67. The predicted molar refractivity (Wildman–Crippen MR) is 91.0 cm³/mol. The Balaban J connectivity index is 2.64. The SMILES string of the molecule is CCS(=O)c1c(/C=N/O)nn(-c2c(Cl)cc(OC(F)(F)F)cc2Cl)c1N. The molecule has 0 amide bonds. The lowest BCUT2D eigenvalue weighted by Gasteiger charge is -2.13. The number of nitrogens with two attached hydrogens (primary N) is 1. The molecule has 0 saturated carbocycles. The smallest absolute Gasteiger partial charge is 0.411 e. The maximum atomic E-state index is 12.3. The summed E-state index contributed by atoms with van der Waals surface area (Å²) in [6.45, 7) is 1.63. The molecule has 0 saturated heterocycles. The molecule has 2 aromatic rings. The number of rotatable bonds is 5. The summed E-state index contributed by atoms with van der Waals surface area (Å²) in [5.74, 6) is -0.549. The van der Waals surface area contributed by atoms with Crippen LogP contribution >= 0.6 is 23.2 Å². The fourth-order valence-corrected chi connectivity index (χ4v) is 3.62. The summed E-state index contributed by atoms with van der Waals surface area (Å²) in [6.07, 6.45) is -4.01. The lowest BCUT2D eigenvalue weighted by atomic mass is 10.3. The van der Waals surface area contributed by atoms with Crippen LogP contribution < -0.4 is 10.5 Å². The molecule has 7 nitrogen and oxygen atoms in total. The van der Waals surface area contributed by atoms with Gasteiger partial charge in [-0.05, 0) is 0 Å². The number of hydrogen-bond donors (Lipinski definition) is 2. The van der Waals surface area contributed by atoms with E-state index in [1.807, 2.05) is 0 Å². The lowest BCUT2D eigenvalue weighted by molar-refractivity contribution is -0.274. The summed E-state index contributed by atoms with van der Waals surface area (Å²) in [4.78, 5) is 0.0769. The third-order valence-corrected chi connectivity index (χ3v) is 4.98. The molecule has 13 heteroatoms. The van der Waals surface area contributed by atoms with Crippen LogP contribution in [0.3, 0.4) is 0 Å². The van der Waals surface area contributed by atoms with Crippen molar-refractivity contribution in [1.29, 1.82) is 0 Å². The van der Waals surface area contributed by atoms with Gasteiger partial charge in [-0.3, -0.25) is 4.21 Å². The fourth-order valence-electron chi connectivity index (χ4n) is 2.06. The zero-order valence-electron chi connectivity index (χ0n) is 12.9. The Labute approximate surface area is 157 Å². The van der Waals surface area contributed by atoms with Gasteiger partial charge in [-0.15, -0.1) is 13.2 Å². The highest BCUT2D eigenvalue weighted by atomic mass is 35.5. The van der Waals surface area contributed by atoms with E-state index < -0.39 is 22.9 Å². The minimum absolute atomic E-state index is 0.00654. The quantitative estimate of drug-likeness (QED) is 0.428. The molecular formula is C13H11Cl2F3N4O3S. The summed E-state index contributed by atoms with van der Waals surface area (Å²) in [6, 6.07) is 1.77. The fraction of sp³-hybridized carbons (Fsp3) is 0.231. The van der Waals surface area contributed by atoms with Crippen LogP contribution in [0.2, 0.25) is 10.0 Å². The van der Waals surface area contributed by atoms with Crippen LogP contribution in [0.4, 0.5) is 19.0 Å². The summed E-state index contributed by atoms with van der Waals surface area (Å²) >= 11 is 12.0. The molecule has 1 unspecified atom stereocenters. The Kier molecular flexibility index (Phi) is 6.04. The van der Waals surface area contributed by atoms with Crippen molar-refractivity contribution in [1.82, 2.24) is 9.78 Å². The minimum atomic E-state index is -4.92. The maximum Gasteiger partial charge on any atom is 0.573 e. The number of alkyl halides is 3. The van der Waals surface area contributed by atoms with Crippen molar-refractivity contribution in [3.63, 3.8) is 0 Å². The average Bonchev–Trinajstić information content (AvgIpc) is 2.81. The van der Waals surface area contributed by atoms with Gasteiger partial charge in [0, 0.05) is 17.9 Å². The first-order chi connectivity index (χ1) is 12.1. The Morgan fingerprint density at radius 3 is 2.46 bits per heavy atom. The van der Waals surface area contributed by atoms with Crippen molar-refractivity contribution in [3.05, 3.63) is 27.9 Å². The molecule has 1 atom stereocenters. The largest absolute Gasteiger partial charge is 0.573 e. The number of hydrogen-bond acceptors (Lipinski definition) is 6. The molecule has 1 aromatic carbocycles. The van der Waals surface area contributed by atoms with Gasteiger partial charge in [0.15, 0.2) is 0 Å². The van der Waals surface area contributed by atoms with Crippen molar-refractivity contribution in [2.75, 3.05) is 11.5 Å². The maximum absolute atomic E-state index is 12.3. The lowest BCUT2D eigenvalue weighted by Crippen LogP contribution is -2.17. The minimum Gasteiger partial charge on any atom is -0.411 e. The molecule has 142 valence electrons. The number of anilines is 1. The van der Waals surface area contributed by atoms with E-state index in [2.05, 4.69) is 15.0 Å². The molecule has 0 aliphatic rings. The highest BCUT2D eigenvalue weighted by Gasteiger charge is 2.32. The molecule has 0 aliphatic heterocycles. The average molecular weight is 431 g/mol. The molecule has 1 heterocycles. The molecular weight excluding hydrogens is 420 g/mol. The van der Waals surface area contributed by atoms with Gasteiger partial charge in [-0.2, -0.15) is 5.10 Å². The highest BCUT2D eigenvalue weighted by molar-refractivity contribution is 7.85. The predicted octanol–water partition coefficient (Wildman–Crippen LogP) is 3.60. The van der Waals surface area contributed by atoms with Crippen LogP contribution in [0.1, 0.15) is 12.6 Å². The molecule has 0 aliphatic carbocycles. The number of nitrogens with zero attached hydrogens (tertiary/aromatic N) is 3. The van der Waals surface area contributed by atoms with Crippen LogP contribution in [0.5, 0.6) is 5.75 Å². The van der Waals surface area contributed by atoms with E-state index in [0.717, 1.165) is 23.0 Å². The second-order valence-corrected chi connectivity index (χ2v) is 7.16. The zero-order valence-corrected chi connectivity index (χ0v) is 15.2. The van der Waals surface area contributed by atoms with Gasteiger partial charge in [0.2, 0.25) is 0 Å². The van der Waals surface area contributed by atoms with Crippen molar-refractivity contribution in [2.45, 2.75) is 18.2 Å².